The molecule has 66 valence electrons. The van der Waals surface area contributed by atoms with Crippen molar-refractivity contribution >= 4 is 11.6 Å². The van der Waals surface area contributed by atoms with Gasteiger partial charge in [0.1, 0.15) is 0 Å². The van der Waals surface area contributed by atoms with E-state index in [2.05, 4.69) is 9.97 Å². The second kappa shape index (κ2) is 4.90. The number of hydrogen-bond donors (Lipinski definition) is 0. The summed E-state index contributed by atoms with van der Waals surface area (Å²) in [5, 5.41) is 0.207. The second-order valence-corrected chi connectivity index (χ2v) is 2.28. The average Bonchev–Trinajstić information content (AvgIpc) is 2.09. The highest BCUT2D eigenvalue weighted by Gasteiger charge is 1.94. The Morgan fingerprint density at radius 2 is 2.08 bits per heavy atom. The Bertz CT molecular complexity index is 227. The van der Waals surface area contributed by atoms with Gasteiger partial charge in [-0.2, -0.15) is 0 Å². The van der Waals surface area contributed by atoms with Crippen molar-refractivity contribution in [2.24, 2.45) is 0 Å². The SMILES string of the molecule is CCOCOc1cnc(Cl)nc1. The van der Waals surface area contributed by atoms with E-state index in [-0.39, 0.29) is 12.1 Å². The van der Waals surface area contributed by atoms with E-state index < -0.39 is 0 Å². The molecule has 0 spiro atoms. The minimum Gasteiger partial charge on any atom is -0.464 e. The summed E-state index contributed by atoms with van der Waals surface area (Å²) < 4.78 is 10.1. The van der Waals surface area contributed by atoms with Gasteiger partial charge in [-0.05, 0) is 18.5 Å². The van der Waals surface area contributed by atoms with Gasteiger partial charge >= 0.3 is 0 Å². The number of nitrogens with zero attached hydrogens (tertiary/aromatic N) is 2. The summed E-state index contributed by atoms with van der Waals surface area (Å²) in [5.74, 6) is 0.549. The molecule has 1 rings (SSSR count). The van der Waals surface area contributed by atoms with E-state index in [1.54, 1.807) is 0 Å². The molecular formula is C7H9ClN2O2. The van der Waals surface area contributed by atoms with Crippen molar-refractivity contribution in [2.75, 3.05) is 13.4 Å². The Morgan fingerprint density at radius 3 is 2.67 bits per heavy atom. The van der Waals surface area contributed by atoms with E-state index in [1.807, 2.05) is 6.92 Å². The zero-order chi connectivity index (χ0) is 8.81. The summed E-state index contributed by atoms with van der Waals surface area (Å²) in [6, 6.07) is 0. The van der Waals surface area contributed by atoms with Crippen LogP contribution in [0.25, 0.3) is 0 Å². The Kier molecular flexibility index (Phi) is 3.76. The molecule has 0 bridgehead atoms. The first-order valence-corrected chi connectivity index (χ1v) is 3.89. The van der Waals surface area contributed by atoms with Gasteiger partial charge in [-0.3, -0.25) is 0 Å². The van der Waals surface area contributed by atoms with Crippen LogP contribution in [0.2, 0.25) is 5.28 Å². The van der Waals surface area contributed by atoms with E-state index in [0.29, 0.717) is 12.4 Å². The molecule has 0 aromatic carbocycles. The lowest BCUT2D eigenvalue weighted by molar-refractivity contribution is 0.0219. The molecule has 1 heterocycles. The molecule has 1 aromatic rings. The summed E-state index contributed by atoms with van der Waals surface area (Å²) in [6.45, 7) is 2.72. The molecule has 0 radical (unpaired) electrons. The van der Waals surface area contributed by atoms with Crippen molar-refractivity contribution in [3.8, 4) is 5.75 Å². The lowest BCUT2D eigenvalue weighted by atomic mass is 10.6. The van der Waals surface area contributed by atoms with Crippen molar-refractivity contribution in [3.63, 3.8) is 0 Å². The summed E-state index contributed by atoms with van der Waals surface area (Å²) in [5.41, 5.74) is 0. The first kappa shape index (κ1) is 9.22. The standard InChI is InChI=1S/C7H9ClN2O2/c1-2-11-5-12-6-3-9-7(8)10-4-6/h3-4H,2,5H2,1H3. The van der Waals surface area contributed by atoms with E-state index in [9.17, 15) is 0 Å². The quantitative estimate of drug-likeness (QED) is 0.408. The molecule has 0 fully saturated rings. The Hall–Kier alpha value is -0.870. The zero-order valence-electron chi connectivity index (χ0n) is 6.66. The van der Waals surface area contributed by atoms with Gasteiger partial charge < -0.3 is 9.47 Å². The maximum Gasteiger partial charge on any atom is 0.222 e. The minimum atomic E-state index is 0.207. The molecule has 0 aliphatic heterocycles. The van der Waals surface area contributed by atoms with Gasteiger partial charge in [-0.1, -0.05) is 0 Å². The van der Waals surface area contributed by atoms with Crippen LogP contribution in [-0.2, 0) is 4.74 Å². The van der Waals surface area contributed by atoms with Gasteiger partial charge in [0.2, 0.25) is 5.28 Å². The third-order valence-electron chi connectivity index (χ3n) is 1.11. The van der Waals surface area contributed by atoms with Crippen LogP contribution in [-0.4, -0.2) is 23.4 Å². The molecule has 12 heavy (non-hydrogen) atoms. The van der Waals surface area contributed by atoms with Gasteiger partial charge in [0, 0.05) is 6.61 Å². The molecule has 0 amide bonds. The smallest absolute Gasteiger partial charge is 0.222 e. The summed E-state index contributed by atoms with van der Waals surface area (Å²) >= 11 is 5.46. The van der Waals surface area contributed by atoms with Gasteiger partial charge in [0.05, 0.1) is 12.4 Å². The summed E-state index contributed by atoms with van der Waals surface area (Å²) in [6.07, 6.45) is 2.99. The van der Waals surface area contributed by atoms with Crippen LogP contribution >= 0.6 is 11.6 Å². The van der Waals surface area contributed by atoms with Crippen LogP contribution < -0.4 is 4.74 Å². The fourth-order valence-corrected chi connectivity index (χ4v) is 0.666. The normalized spacial score (nSPS) is 9.83. The Balaban J connectivity index is 2.37. The van der Waals surface area contributed by atoms with Crippen LogP contribution in [0.4, 0.5) is 0 Å². The third kappa shape index (κ3) is 3.02. The molecule has 5 heteroatoms. The van der Waals surface area contributed by atoms with Crippen LogP contribution in [0.15, 0.2) is 12.4 Å². The second-order valence-electron chi connectivity index (χ2n) is 1.94. The highest BCUT2D eigenvalue weighted by Crippen LogP contribution is 2.07. The van der Waals surface area contributed by atoms with Crippen molar-refractivity contribution in [1.82, 2.24) is 9.97 Å². The molecule has 0 N–H and O–H groups in total. The zero-order valence-corrected chi connectivity index (χ0v) is 7.41. The maximum atomic E-state index is 5.46. The first-order valence-electron chi connectivity index (χ1n) is 3.51. The molecule has 1 aromatic heterocycles. The number of rotatable bonds is 4. The van der Waals surface area contributed by atoms with Gasteiger partial charge in [-0.25, -0.2) is 9.97 Å². The largest absolute Gasteiger partial charge is 0.464 e. The lowest BCUT2D eigenvalue weighted by Gasteiger charge is -2.03. The highest BCUT2D eigenvalue weighted by atomic mass is 35.5. The molecule has 0 aliphatic rings. The van der Waals surface area contributed by atoms with Crippen molar-refractivity contribution in [2.45, 2.75) is 6.92 Å². The number of ether oxygens (including phenoxy) is 2. The molecule has 0 saturated heterocycles. The summed E-state index contributed by atoms with van der Waals surface area (Å²) in [7, 11) is 0. The van der Waals surface area contributed by atoms with E-state index in [1.165, 1.54) is 12.4 Å². The highest BCUT2D eigenvalue weighted by molar-refractivity contribution is 6.28. The fourth-order valence-electron chi connectivity index (χ4n) is 0.568. The first-order chi connectivity index (χ1) is 5.83. The number of halogens is 1. The lowest BCUT2D eigenvalue weighted by Crippen LogP contribution is -2.02. The average molecular weight is 189 g/mol. The predicted octanol–water partition coefficient (Wildman–Crippen LogP) is 1.50. The predicted molar refractivity (Wildman–Crippen MR) is 44.2 cm³/mol. The molecule has 0 saturated carbocycles. The minimum absolute atomic E-state index is 0.207. The van der Waals surface area contributed by atoms with Crippen molar-refractivity contribution < 1.29 is 9.47 Å². The van der Waals surface area contributed by atoms with Gasteiger partial charge in [-0.15, -0.1) is 0 Å². The van der Waals surface area contributed by atoms with Gasteiger partial charge in [0.15, 0.2) is 12.5 Å². The monoisotopic (exact) mass is 188 g/mol. The molecule has 0 aliphatic carbocycles. The number of aromatic nitrogens is 2. The van der Waals surface area contributed by atoms with Crippen LogP contribution in [0, 0.1) is 0 Å². The van der Waals surface area contributed by atoms with Crippen molar-refractivity contribution in [1.29, 1.82) is 0 Å². The van der Waals surface area contributed by atoms with Crippen LogP contribution in [0.3, 0.4) is 0 Å². The number of hydrogen-bond acceptors (Lipinski definition) is 4. The van der Waals surface area contributed by atoms with Crippen molar-refractivity contribution in [3.05, 3.63) is 17.7 Å². The fraction of sp³-hybridized carbons (Fsp3) is 0.429. The van der Waals surface area contributed by atoms with Gasteiger partial charge in [0.25, 0.3) is 0 Å². The molecular weight excluding hydrogens is 180 g/mol. The Labute approximate surface area is 75.5 Å². The summed E-state index contributed by atoms with van der Waals surface area (Å²) in [4.78, 5) is 7.46. The maximum absolute atomic E-state index is 5.46. The van der Waals surface area contributed by atoms with Crippen LogP contribution in [0.5, 0.6) is 5.75 Å². The molecule has 4 nitrogen and oxygen atoms in total. The van der Waals surface area contributed by atoms with Crippen LogP contribution in [0.1, 0.15) is 6.92 Å². The van der Waals surface area contributed by atoms with E-state index in [0.717, 1.165) is 0 Å². The topological polar surface area (TPSA) is 44.2 Å². The Morgan fingerprint density at radius 1 is 1.42 bits per heavy atom. The van der Waals surface area contributed by atoms with E-state index >= 15 is 0 Å². The van der Waals surface area contributed by atoms with E-state index in [4.69, 9.17) is 21.1 Å². The third-order valence-corrected chi connectivity index (χ3v) is 1.30. The molecule has 0 unspecified atom stereocenters. The molecule has 0 atom stereocenters.